The molecule has 0 fully saturated rings. The number of carbonyl (C=O) groups is 2. The van der Waals surface area contributed by atoms with E-state index in [0.717, 1.165) is 18.5 Å². The van der Waals surface area contributed by atoms with Crippen LogP contribution in [0.15, 0.2) is 54.7 Å². The fourth-order valence-corrected chi connectivity index (χ4v) is 2.38. The van der Waals surface area contributed by atoms with Gasteiger partial charge in [0.15, 0.2) is 0 Å². The van der Waals surface area contributed by atoms with Crippen molar-refractivity contribution in [1.29, 1.82) is 0 Å². The number of pyridine rings is 1. The number of nitrogens with zero attached hydrogens (tertiary/aromatic N) is 1. The smallest absolute Gasteiger partial charge is 0.407 e. The number of rotatable bonds is 12. The standard InChI is InChI=1S/C21H27N3O5/c25-20(23-12-6-9-18-7-2-1-3-8-18)28-15-13-27-14-16-29-21(26)24-17-19-10-4-5-11-22-19/h1-5,7-8,10-11H,6,9,12-17H2,(H,23,25)(H,24,26). The van der Waals surface area contributed by atoms with Crippen LogP contribution in [0.1, 0.15) is 17.7 Å². The van der Waals surface area contributed by atoms with Crippen LogP contribution in [0, 0.1) is 0 Å². The maximum Gasteiger partial charge on any atom is 0.407 e. The molecule has 156 valence electrons. The second-order valence-electron chi connectivity index (χ2n) is 6.07. The Morgan fingerprint density at radius 2 is 1.52 bits per heavy atom. The molecule has 0 unspecified atom stereocenters. The van der Waals surface area contributed by atoms with Gasteiger partial charge in [-0.15, -0.1) is 0 Å². The predicted molar refractivity (Wildman–Crippen MR) is 107 cm³/mol. The number of amides is 2. The number of alkyl carbamates (subject to hydrolysis) is 2. The number of ether oxygens (including phenoxy) is 3. The molecule has 0 aliphatic carbocycles. The Hall–Kier alpha value is -3.13. The van der Waals surface area contributed by atoms with Crippen molar-refractivity contribution >= 4 is 12.2 Å². The Bertz CT molecular complexity index is 713. The highest BCUT2D eigenvalue weighted by atomic mass is 16.6. The fourth-order valence-electron chi connectivity index (χ4n) is 2.38. The highest BCUT2D eigenvalue weighted by molar-refractivity contribution is 5.67. The van der Waals surface area contributed by atoms with Gasteiger partial charge in [-0.1, -0.05) is 36.4 Å². The molecule has 0 aliphatic rings. The zero-order valence-corrected chi connectivity index (χ0v) is 16.3. The Morgan fingerprint density at radius 1 is 0.828 bits per heavy atom. The van der Waals surface area contributed by atoms with E-state index in [0.29, 0.717) is 13.1 Å². The van der Waals surface area contributed by atoms with E-state index in [9.17, 15) is 9.59 Å². The molecule has 2 N–H and O–H groups in total. The van der Waals surface area contributed by atoms with Gasteiger partial charge >= 0.3 is 12.2 Å². The molecule has 0 radical (unpaired) electrons. The normalized spacial score (nSPS) is 10.2. The first-order valence-electron chi connectivity index (χ1n) is 9.57. The van der Waals surface area contributed by atoms with E-state index < -0.39 is 12.2 Å². The second kappa shape index (κ2) is 14.0. The molecule has 29 heavy (non-hydrogen) atoms. The molecule has 1 aromatic carbocycles. The predicted octanol–water partition coefficient (Wildman–Crippen LogP) is 2.68. The van der Waals surface area contributed by atoms with Gasteiger partial charge in [-0.2, -0.15) is 0 Å². The highest BCUT2D eigenvalue weighted by Gasteiger charge is 2.03. The van der Waals surface area contributed by atoms with E-state index in [1.165, 1.54) is 5.56 Å². The topological polar surface area (TPSA) is 98.8 Å². The Balaban J connectivity index is 1.37. The summed E-state index contributed by atoms with van der Waals surface area (Å²) < 4.78 is 15.2. The lowest BCUT2D eigenvalue weighted by molar-refractivity contribution is 0.0456. The van der Waals surface area contributed by atoms with Crippen molar-refractivity contribution in [2.75, 3.05) is 33.0 Å². The Labute approximate surface area is 170 Å². The molecule has 8 heteroatoms. The first-order chi connectivity index (χ1) is 14.2. The van der Waals surface area contributed by atoms with Gasteiger partial charge in [0.1, 0.15) is 13.2 Å². The lowest BCUT2D eigenvalue weighted by atomic mass is 10.1. The number of hydrogen-bond acceptors (Lipinski definition) is 6. The average molecular weight is 401 g/mol. The van der Waals surface area contributed by atoms with Crippen LogP contribution in [-0.2, 0) is 27.2 Å². The van der Waals surface area contributed by atoms with E-state index in [2.05, 4.69) is 27.8 Å². The maximum atomic E-state index is 11.5. The Morgan fingerprint density at radius 3 is 2.21 bits per heavy atom. The average Bonchev–Trinajstić information content (AvgIpc) is 2.76. The number of carbonyl (C=O) groups excluding carboxylic acids is 2. The molecule has 0 bridgehead atoms. The minimum absolute atomic E-state index is 0.111. The lowest BCUT2D eigenvalue weighted by Gasteiger charge is -2.09. The van der Waals surface area contributed by atoms with Gasteiger partial charge in [0, 0.05) is 12.7 Å². The van der Waals surface area contributed by atoms with E-state index in [-0.39, 0.29) is 26.4 Å². The van der Waals surface area contributed by atoms with Crippen LogP contribution in [0.2, 0.25) is 0 Å². The molecule has 0 saturated carbocycles. The van der Waals surface area contributed by atoms with Crippen LogP contribution in [-0.4, -0.2) is 50.1 Å². The third-order valence-electron chi connectivity index (χ3n) is 3.82. The molecular formula is C21H27N3O5. The first-order valence-corrected chi connectivity index (χ1v) is 9.57. The van der Waals surface area contributed by atoms with Crippen molar-refractivity contribution in [3.63, 3.8) is 0 Å². The minimum atomic E-state index is -0.537. The summed E-state index contributed by atoms with van der Waals surface area (Å²) in [5, 5.41) is 5.29. The zero-order valence-electron chi connectivity index (χ0n) is 16.3. The van der Waals surface area contributed by atoms with E-state index in [1.807, 2.05) is 30.3 Å². The molecule has 0 atom stereocenters. The SMILES string of the molecule is O=C(NCCCc1ccccc1)OCCOCCOC(=O)NCc1ccccn1. The number of benzene rings is 1. The molecule has 1 aromatic heterocycles. The van der Waals surface area contributed by atoms with E-state index in [1.54, 1.807) is 12.3 Å². The van der Waals surface area contributed by atoms with Crippen molar-refractivity contribution in [3.05, 3.63) is 66.0 Å². The Kier molecular flexibility index (Phi) is 10.7. The van der Waals surface area contributed by atoms with Crippen molar-refractivity contribution in [1.82, 2.24) is 15.6 Å². The summed E-state index contributed by atoms with van der Waals surface area (Å²) in [7, 11) is 0. The molecule has 2 amide bonds. The number of aromatic nitrogens is 1. The van der Waals surface area contributed by atoms with Gasteiger partial charge in [0.25, 0.3) is 0 Å². The fraction of sp³-hybridized carbons (Fsp3) is 0.381. The van der Waals surface area contributed by atoms with Crippen molar-refractivity contribution in [3.8, 4) is 0 Å². The largest absolute Gasteiger partial charge is 0.447 e. The molecule has 0 aliphatic heterocycles. The molecule has 2 rings (SSSR count). The summed E-state index contributed by atoms with van der Waals surface area (Å²) in [5.41, 5.74) is 1.99. The third-order valence-corrected chi connectivity index (χ3v) is 3.82. The number of aryl methyl sites for hydroxylation is 1. The van der Waals surface area contributed by atoms with Crippen LogP contribution >= 0.6 is 0 Å². The molecule has 8 nitrogen and oxygen atoms in total. The van der Waals surface area contributed by atoms with Crippen LogP contribution in [0.5, 0.6) is 0 Å². The lowest BCUT2D eigenvalue weighted by Crippen LogP contribution is -2.27. The monoisotopic (exact) mass is 401 g/mol. The van der Waals surface area contributed by atoms with Gasteiger partial charge in [-0.25, -0.2) is 9.59 Å². The van der Waals surface area contributed by atoms with Crippen LogP contribution in [0.4, 0.5) is 9.59 Å². The van der Waals surface area contributed by atoms with Crippen LogP contribution < -0.4 is 10.6 Å². The maximum absolute atomic E-state index is 11.5. The van der Waals surface area contributed by atoms with Crippen LogP contribution in [0.25, 0.3) is 0 Å². The molecular weight excluding hydrogens is 374 g/mol. The third kappa shape index (κ3) is 10.7. The van der Waals surface area contributed by atoms with Crippen molar-refractivity contribution in [2.24, 2.45) is 0 Å². The van der Waals surface area contributed by atoms with Crippen molar-refractivity contribution in [2.45, 2.75) is 19.4 Å². The van der Waals surface area contributed by atoms with Gasteiger partial charge in [-0.05, 0) is 30.5 Å². The number of nitrogens with one attached hydrogen (secondary N) is 2. The van der Waals surface area contributed by atoms with Gasteiger partial charge in [0.2, 0.25) is 0 Å². The first kappa shape index (κ1) is 22.2. The quantitative estimate of drug-likeness (QED) is 0.531. The van der Waals surface area contributed by atoms with Gasteiger partial charge < -0.3 is 24.8 Å². The van der Waals surface area contributed by atoms with Crippen LogP contribution in [0.3, 0.4) is 0 Å². The van der Waals surface area contributed by atoms with Crippen molar-refractivity contribution < 1.29 is 23.8 Å². The summed E-state index contributed by atoms with van der Waals surface area (Å²) in [6.07, 6.45) is 2.40. The number of hydrogen-bond donors (Lipinski definition) is 2. The minimum Gasteiger partial charge on any atom is -0.447 e. The molecule has 2 aromatic rings. The molecule has 0 saturated heterocycles. The highest BCUT2D eigenvalue weighted by Crippen LogP contribution is 2.01. The van der Waals surface area contributed by atoms with E-state index in [4.69, 9.17) is 14.2 Å². The molecule has 1 heterocycles. The zero-order chi connectivity index (χ0) is 20.6. The van der Waals surface area contributed by atoms with Gasteiger partial charge in [0.05, 0.1) is 25.5 Å². The second-order valence-corrected chi connectivity index (χ2v) is 6.07. The van der Waals surface area contributed by atoms with Gasteiger partial charge in [-0.3, -0.25) is 4.98 Å². The summed E-state index contributed by atoms with van der Waals surface area (Å²) in [5.74, 6) is 0. The summed E-state index contributed by atoms with van der Waals surface area (Å²) in [6, 6.07) is 15.5. The summed E-state index contributed by atoms with van der Waals surface area (Å²) >= 11 is 0. The summed E-state index contributed by atoms with van der Waals surface area (Å²) in [6.45, 7) is 1.55. The van der Waals surface area contributed by atoms with E-state index >= 15 is 0 Å². The molecule has 0 spiro atoms. The summed E-state index contributed by atoms with van der Waals surface area (Å²) in [4.78, 5) is 27.2.